The van der Waals surface area contributed by atoms with Crippen LogP contribution in [-0.4, -0.2) is 48.6 Å². The first-order chi connectivity index (χ1) is 11.6. The number of ether oxygens (including phenoxy) is 3. The van der Waals surface area contributed by atoms with Gasteiger partial charge in [-0.3, -0.25) is 9.69 Å². The van der Waals surface area contributed by atoms with Gasteiger partial charge in [0, 0.05) is 18.2 Å². The second-order valence-electron chi connectivity index (χ2n) is 5.54. The molecule has 128 valence electrons. The van der Waals surface area contributed by atoms with Crippen molar-refractivity contribution in [2.45, 2.75) is 18.9 Å². The number of amides is 1. The van der Waals surface area contributed by atoms with Crippen molar-refractivity contribution in [1.29, 1.82) is 0 Å². The highest BCUT2D eigenvalue weighted by Crippen LogP contribution is 2.35. The first-order valence-electron chi connectivity index (χ1n) is 7.71. The molecule has 5 nitrogen and oxygen atoms in total. The Morgan fingerprint density at radius 3 is 2.92 bits per heavy atom. The van der Waals surface area contributed by atoms with Crippen LogP contribution in [0.4, 0.5) is 0 Å². The maximum atomic E-state index is 12.7. The lowest BCUT2D eigenvalue weighted by Gasteiger charge is -2.18. The molecule has 0 bridgehead atoms. The summed E-state index contributed by atoms with van der Waals surface area (Å²) < 4.78 is 16.8. The Morgan fingerprint density at radius 2 is 2.25 bits per heavy atom. The Kier molecular flexibility index (Phi) is 5.43. The van der Waals surface area contributed by atoms with Gasteiger partial charge in [0.05, 0.1) is 31.8 Å². The minimum atomic E-state index is -0.0710. The summed E-state index contributed by atoms with van der Waals surface area (Å²) in [5.41, 5.74) is 0.816. The summed E-state index contributed by atoms with van der Waals surface area (Å²) in [5, 5.41) is 0. The molecule has 1 amide bonds. The smallest absolute Gasteiger partial charge is 0.266 e. The van der Waals surface area contributed by atoms with Crippen molar-refractivity contribution in [3.05, 3.63) is 28.7 Å². The first-order valence-corrected chi connectivity index (χ1v) is 8.94. The van der Waals surface area contributed by atoms with E-state index in [1.165, 1.54) is 11.8 Å². The molecule has 2 fully saturated rings. The second kappa shape index (κ2) is 7.55. The quantitative estimate of drug-likeness (QED) is 0.590. The second-order valence-corrected chi connectivity index (χ2v) is 7.21. The van der Waals surface area contributed by atoms with Crippen molar-refractivity contribution in [2.24, 2.45) is 0 Å². The molecule has 7 heteroatoms. The van der Waals surface area contributed by atoms with Gasteiger partial charge in [-0.2, -0.15) is 0 Å². The molecule has 0 unspecified atom stereocenters. The van der Waals surface area contributed by atoms with Crippen LogP contribution in [-0.2, 0) is 9.53 Å². The lowest BCUT2D eigenvalue weighted by atomic mass is 10.1. The summed E-state index contributed by atoms with van der Waals surface area (Å²) in [6.07, 6.45) is 3.91. The largest absolute Gasteiger partial charge is 0.497 e. The third-order valence-electron chi connectivity index (χ3n) is 4.01. The molecule has 2 aliphatic rings. The highest BCUT2D eigenvalue weighted by molar-refractivity contribution is 8.26. The van der Waals surface area contributed by atoms with Crippen molar-refractivity contribution in [2.75, 3.05) is 27.4 Å². The fourth-order valence-corrected chi connectivity index (χ4v) is 3.99. The maximum absolute atomic E-state index is 12.7. The third kappa shape index (κ3) is 3.58. The number of carbonyl (C=O) groups is 1. The molecule has 2 aliphatic heterocycles. The predicted molar refractivity (Wildman–Crippen MR) is 98.4 cm³/mol. The summed E-state index contributed by atoms with van der Waals surface area (Å²) in [5.74, 6) is 1.28. The number of thioether (sulfide) groups is 1. The molecule has 0 N–H and O–H groups in total. The minimum Gasteiger partial charge on any atom is -0.497 e. The molecule has 0 spiro atoms. The monoisotopic (exact) mass is 365 g/mol. The molecule has 3 rings (SSSR count). The lowest BCUT2D eigenvalue weighted by Crippen LogP contribution is -2.35. The first kappa shape index (κ1) is 17.3. The fourth-order valence-electron chi connectivity index (χ4n) is 2.73. The fraction of sp³-hybridized carbons (Fsp3) is 0.412. The summed E-state index contributed by atoms with van der Waals surface area (Å²) in [6.45, 7) is 1.29. The molecule has 2 heterocycles. The van der Waals surface area contributed by atoms with Crippen molar-refractivity contribution in [3.63, 3.8) is 0 Å². The molecule has 1 aromatic rings. The van der Waals surface area contributed by atoms with Crippen molar-refractivity contribution < 1.29 is 19.0 Å². The zero-order valence-electron chi connectivity index (χ0n) is 13.6. The maximum Gasteiger partial charge on any atom is 0.266 e. The molecule has 1 atom stereocenters. The minimum absolute atomic E-state index is 0.0710. The predicted octanol–water partition coefficient (Wildman–Crippen LogP) is 3.08. The van der Waals surface area contributed by atoms with E-state index >= 15 is 0 Å². The average Bonchev–Trinajstić information content (AvgIpc) is 3.19. The number of hydrogen-bond donors (Lipinski definition) is 0. The zero-order chi connectivity index (χ0) is 17.1. The number of benzene rings is 1. The molecular weight excluding hydrogens is 346 g/mol. The van der Waals surface area contributed by atoms with E-state index in [9.17, 15) is 4.79 Å². The van der Waals surface area contributed by atoms with Gasteiger partial charge in [-0.05, 0) is 31.1 Å². The van der Waals surface area contributed by atoms with Gasteiger partial charge in [-0.15, -0.1) is 0 Å². The van der Waals surface area contributed by atoms with Crippen molar-refractivity contribution >= 4 is 40.3 Å². The van der Waals surface area contributed by atoms with Gasteiger partial charge in [0.2, 0.25) is 0 Å². The average molecular weight is 365 g/mol. The molecular formula is C17H19NO4S2. The molecule has 2 saturated heterocycles. The van der Waals surface area contributed by atoms with Crippen LogP contribution in [0.5, 0.6) is 11.5 Å². The van der Waals surface area contributed by atoms with Crippen molar-refractivity contribution in [3.8, 4) is 11.5 Å². The Balaban J connectivity index is 1.80. The van der Waals surface area contributed by atoms with Gasteiger partial charge in [0.1, 0.15) is 15.8 Å². The van der Waals surface area contributed by atoms with E-state index in [2.05, 4.69) is 0 Å². The van der Waals surface area contributed by atoms with Crippen LogP contribution in [0.2, 0.25) is 0 Å². The van der Waals surface area contributed by atoms with Crippen LogP contribution in [0.15, 0.2) is 23.1 Å². The van der Waals surface area contributed by atoms with Crippen LogP contribution < -0.4 is 9.47 Å². The number of carbonyl (C=O) groups excluding carboxylic acids is 1. The highest BCUT2D eigenvalue weighted by Gasteiger charge is 2.34. The van der Waals surface area contributed by atoms with Gasteiger partial charge >= 0.3 is 0 Å². The summed E-state index contributed by atoms with van der Waals surface area (Å²) >= 11 is 6.68. The normalized spacial score (nSPS) is 22.5. The van der Waals surface area contributed by atoms with Crippen LogP contribution >= 0.6 is 24.0 Å². The molecule has 0 aromatic heterocycles. The van der Waals surface area contributed by atoms with Gasteiger partial charge in [-0.1, -0.05) is 24.0 Å². The van der Waals surface area contributed by atoms with E-state index in [-0.39, 0.29) is 12.0 Å². The standard InChI is InChI=1S/C17H19NO4S2/c1-20-12-6-5-11(14(9-12)21-2)8-15-16(19)18(17(23)24-15)10-13-4-3-7-22-13/h5-6,8-9,13H,3-4,7,10H2,1-2H3/b15-8+/t13-/m0/s1. The van der Waals surface area contributed by atoms with Gasteiger partial charge in [-0.25, -0.2) is 0 Å². The molecule has 24 heavy (non-hydrogen) atoms. The van der Waals surface area contributed by atoms with Gasteiger partial charge in [0.15, 0.2) is 0 Å². The highest BCUT2D eigenvalue weighted by atomic mass is 32.2. The number of nitrogens with zero attached hydrogens (tertiary/aromatic N) is 1. The molecule has 0 aliphatic carbocycles. The van der Waals surface area contributed by atoms with E-state index < -0.39 is 0 Å². The third-order valence-corrected chi connectivity index (χ3v) is 5.39. The number of rotatable bonds is 5. The van der Waals surface area contributed by atoms with E-state index in [4.69, 9.17) is 26.4 Å². The number of hydrogen-bond acceptors (Lipinski definition) is 6. The van der Waals surface area contributed by atoms with Gasteiger partial charge in [0.25, 0.3) is 5.91 Å². The van der Waals surface area contributed by atoms with E-state index in [1.807, 2.05) is 18.2 Å². The van der Waals surface area contributed by atoms with E-state index in [0.717, 1.165) is 25.0 Å². The molecule has 0 saturated carbocycles. The lowest BCUT2D eigenvalue weighted by molar-refractivity contribution is -0.123. The Hall–Kier alpha value is -1.57. The van der Waals surface area contributed by atoms with Crippen LogP contribution in [0, 0.1) is 0 Å². The Bertz CT molecular complexity index is 683. The summed E-state index contributed by atoms with van der Waals surface area (Å²) in [7, 11) is 3.19. The Labute approximate surface area is 150 Å². The van der Waals surface area contributed by atoms with E-state index in [0.29, 0.717) is 27.3 Å². The number of methoxy groups -OCH3 is 2. The summed E-state index contributed by atoms with van der Waals surface area (Å²) in [4.78, 5) is 14.9. The molecule has 1 aromatic carbocycles. The van der Waals surface area contributed by atoms with Crippen molar-refractivity contribution in [1.82, 2.24) is 4.90 Å². The molecule has 0 radical (unpaired) electrons. The van der Waals surface area contributed by atoms with E-state index in [1.54, 1.807) is 25.2 Å². The van der Waals surface area contributed by atoms with Gasteiger partial charge < -0.3 is 14.2 Å². The zero-order valence-corrected chi connectivity index (χ0v) is 15.2. The van der Waals surface area contributed by atoms with Crippen LogP contribution in [0.3, 0.4) is 0 Å². The van der Waals surface area contributed by atoms with Crippen LogP contribution in [0.25, 0.3) is 6.08 Å². The SMILES string of the molecule is COc1ccc(/C=C2/SC(=S)N(C[C@@H]3CCCO3)C2=O)c(OC)c1. The van der Waals surface area contributed by atoms with Crippen LogP contribution in [0.1, 0.15) is 18.4 Å². The number of thiocarbonyl (C=S) groups is 1. The topological polar surface area (TPSA) is 48.0 Å². The Morgan fingerprint density at radius 1 is 1.42 bits per heavy atom. The summed E-state index contributed by atoms with van der Waals surface area (Å²) in [6, 6.07) is 5.49.